The lowest BCUT2D eigenvalue weighted by molar-refractivity contribution is 0.260. The topological polar surface area (TPSA) is 73.2 Å². The molecule has 1 aliphatic heterocycles. The van der Waals surface area contributed by atoms with E-state index in [4.69, 9.17) is 16.9 Å². The largest absolute Gasteiger partial charge is 0.299 e. The van der Waals surface area contributed by atoms with Crippen molar-refractivity contribution in [1.82, 2.24) is 9.62 Å². The number of nitrogens with zero attached hydrogens (tertiary/aromatic N) is 2. The number of hydrogen-bond acceptors (Lipinski definition) is 4. The Balaban J connectivity index is 2.04. The second-order valence-electron chi connectivity index (χ2n) is 5.20. The van der Waals surface area contributed by atoms with Crippen LogP contribution in [0.15, 0.2) is 23.1 Å². The molecular weight excluding hydrogens is 310 g/mol. The monoisotopic (exact) mass is 327 g/mol. The van der Waals surface area contributed by atoms with Gasteiger partial charge in [0.1, 0.15) is 6.07 Å². The van der Waals surface area contributed by atoms with E-state index in [1.54, 1.807) is 0 Å². The van der Waals surface area contributed by atoms with Crippen molar-refractivity contribution in [3.8, 4) is 6.07 Å². The molecule has 21 heavy (non-hydrogen) atoms. The second kappa shape index (κ2) is 6.75. The van der Waals surface area contributed by atoms with Crippen LogP contribution in [0.2, 0.25) is 5.02 Å². The highest BCUT2D eigenvalue weighted by Gasteiger charge is 2.21. The first-order valence-corrected chi connectivity index (χ1v) is 8.73. The van der Waals surface area contributed by atoms with Gasteiger partial charge in [0.05, 0.1) is 15.5 Å². The molecular formula is C14H18ClN3O2S. The first-order chi connectivity index (χ1) is 9.94. The molecule has 7 heteroatoms. The highest BCUT2D eigenvalue weighted by Crippen LogP contribution is 2.20. The van der Waals surface area contributed by atoms with Crippen molar-refractivity contribution in [3.05, 3.63) is 28.8 Å². The summed E-state index contributed by atoms with van der Waals surface area (Å²) in [6.45, 7) is 4.41. The van der Waals surface area contributed by atoms with E-state index in [1.807, 2.05) is 13.0 Å². The van der Waals surface area contributed by atoms with Crippen molar-refractivity contribution in [2.75, 3.05) is 19.6 Å². The van der Waals surface area contributed by atoms with E-state index >= 15 is 0 Å². The van der Waals surface area contributed by atoms with Crippen molar-refractivity contribution in [1.29, 1.82) is 5.26 Å². The molecule has 0 radical (unpaired) electrons. The lowest BCUT2D eigenvalue weighted by atomic mass is 10.2. The number of nitriles is 1. The van der Waals surface area contributed by atoms with E-state index in [0.29, 0.717) is 6.54 Å². The number of rotatable bonds is 5. The van der Waals surface area contributed by atoms with Crippen molar-refractivity contribution < 1.29 is 8.42 Å². The maximum atomic E-state index is 12.2. The first-order valence-electron chi connectivity index (χ1n) is 6.87. The Morgan fingerprint density at radius 3 is 2.67 bits per heavy atom. The molecule has 1 saturated heterocycles. The third kappa shape index (κ3) is 3.95. The lowest BCUT2D eigenvalue weighted by Crippen LogP contribution is -2.40. The fraction of sp³-hybridized carbons (Fsp3) is 0.500. The Hall–Kier alpha value is -1.13. The van der Waals surface area contributed by atoms with E-state index in [1.165, 1.54) is 31.0 Å². The molecule has 0 amide bonds. The van der Waals surface area contributed by atoms with Gasteiger partial charge in [-0.05, 0) is 51.1 Å². The van der Waals surface area contributed by atoms with Gasteiger partial charge in [0, 0.05) is 12.6 Å². The molecule has 1 heterocycles. The van der Waals surface area contributed by atoms with Crippen LogP contribution >= 0.6 is 11.6 Å². The van der Waals surface area contributed by atoms with Crippen LogP contribution in [0.3, 0.4) is 0 Å². The summed E-state index contributed by atoms with van der Waals surface area (Å²) in [7, 11) is -3.60. The van der Waals surface area contributed by atoms with Crippen LogP contribution in [0, 0.1) is 11.3 Å². The summed E-state index contributed by atoms with van der Waals surface area (Å²) in [5.74, 6) is 0. The summed E-state index contributed by atoms with van der Waals surface area (Å²) in [5.41, 5.74) is 0.265. The minimum Gasteiger partial charge on any atom is -0.299 e. The van der Waals surface area contributed by atoms with Crippen molar-refractivity contribution in [3.63, 3.8) is 0 Å². The van der Waals surface area contributed by atoms with E-state index < -0.39 is 10.0 Å². The average Bonchev–Trinajstić information content (AvgIpc) is 2.99. The van der Waals surface area contributed by atoms with E-state index in [-0.39, 0.29) is 21.5 Å². The van der Waals surface area contributed by atoms with Gasteiger partial charge in [0.25, 0.3) is 0 Å². The molecule has 1 aromatic rings. The quantitative estimate of drug-likeness (QED) is 0.897. The molecule has 1 aliphatic rings. The summed E-state index contributed by atoms with van der Waals surface area (Å²) in [6, 6.07) is 6.19. The van der Waals surface area contributed by atoms with E-state index in [9.17, 15) is 8.42 Å². The molecule has 0 bridgehead atoms. The molecule has 1 aromatic carbocycles. The molecule has 1 N–H and O–H groups in total. The summed E-state index contributed by atoms with van der Waals surface area (Å²) >= 11 is 5.88. The number of halogens is 1. The Labute approximate surface area is 130 Å². The van der Waals surface area contributed by atoms with Crippen molar-refractivity contribution >= 4 is 21.6 Å². The second-order valence-corrected chi connectivity index (χ2v) is 7.37. The minimum absolute atomic E-state index is 0.0834. The Morgan fingerprint density at radius 1 is 1.43 bits per heavy atom. The molecule has 1 unspecified atom stereocenters. The molecule has 0 spiro atoms. The highest BCUT2D eigenvalue weighted by molar-refractivity contribution is 7.89. The molecule has 0 aliphatic carbocycles. The van der Waals surface area contributed by atoms with Crippen LogP contribution in [0.1, 0.15) is 25.3 Å². The third-order valence-electron chi connectivity index (χ3n) is 3.70. The van der Waals surface area contributed by atoms with Gasteiger partial charge in [-0.15, -0.1) is 0 Å². The minimum atomic E-state index is -3.60. The Morgan fingerprint density at radius 2 is 2.10 bits per heavy atom. The van der Waals surface area contributed by atoms with E-state index in [2.05, 4.69) is 9.62 Å². The summed E-state index contributed by atoms with van der Waals surface area (Å²) < 4.78 is 27.1. The number of nitrogens with one attached hydrogen (secondary N) is 1. The van der Waals surface area contributed by atoms with Crippen LogP contribution in [0.4, 0.5) is 0 Å². The van der Waals surface area contributed by atoms with Gasteiger partial charge < -0.3 is 0 Å². The normalized spacial score (nSPS) is 17.6. The van der Waals surface area contributed by atoms with Crippen molar-refractivity contribution in [2.24, 2.45) is 0 Å². The maximum absolute atomic E-state index is 12.2. The Kier molecular flexibility index (Phi) is 5.22. The standard InChI is InChI=1S/C14H18ClN3O2S/c1-11(18-6-2-3-7-18)10-17-21(19,20)13-5-4-12(9-16)14(15)8-13/h4-5,8,11,17H,2-3,6-7,10H2,1H3. The van der Waals surface area contributed by atoms with E-state index in [0.717, 1.165) is 13.1 Å². The summed E-state index contributed by atoms with van der Waals surface area (Å²) in [4.78, 5) is 2.36. The maximum Gasteiger partial charge on any atom is 0.240 e. The van der Waals surface area contributed by atoms with Gasteiger partial charge in [-0.3, -0.25) is 4.90 Å². The van der Waals surface area contributed by atoms with Gasteiger partial charge in [0.2, 0.25) is 10.0 Å². The molecule has 2 rings (SSSR count). The van der Waals surface area contributed by atoms with Crippen LogP contribution in [0.25, 0.3) is 0 Å². The zero-order valence-corrected chi connectivity index (χ0v) is 13.4. The first kappa shape index (κ1) is 16.2. The number of hydrogen-bond donors (Lipinski definition) is 1. The lowest BCUT2D eigenvalue weighted by Gasteiger charge is -2.23. The van der Waals surface area contributed by atoms with Gasteiger partial charge >= 0.3 is 0 Å². The van der Waals surface area contributed by atoms with Crippen molar-refractivity contribution in [2.45, 2.75) is 30.7 Å². The predicted octanol–water partition coefficient (Wildman–Crippen LogP) is 1.97. The third-order valence-corrected chi connectivity index (χ3v) is 5.44. The van der Waals surface area contributed by atoms with Gasteiger partial charge in [-0.2, -0.15) is 5.26 Å². The van der Waals surface area contributed by atoms with Crippen LogP contribution in [0.5, 0.6) is 0 Å². The molecule has 5 nitrogen and oxygen atoms in total. The van der Waals surface area contributed by atoms with Gasteiger partial charge in [0.15, 0.2) is 0 Å². The molecule has 1 fully saturated rings. The van der Waals surface area contributed by atoms with Gasteiger partial charge in [-0.25, -0.2) is 13.1 Å². The Bertz CT molecular complexity index is 649. The fourth-order valence-electron chi connectivity index (χ4n) is 2.38. The number of benzene rings is 1. The molecule has 114 valence electrons. The zero-order valence-electron chi connectivity index (χ0n) is 11.8. The van der Waals surface area contributed by atoms with Gasteiger partial charge in [-0.1, -0.05) is 11.6 Å². The molecule has 0 aromatic heterocycles. The smallest absolute Gasteiger partial charge is 0.240 e. The van der Waals surface area contributed by atoms with Crippen LogP contribution < -0.4 is 4.72 Å². The molecule has 0 saturated carbocycles. The summed E-state index contributed by atoms with van der Waals surface area (Å²) in [6.07, 6.45) is 2.34. The molecule has 1 atom stereocenters. The fourth-order valence-corrected chi connectivity index (χ4v) is 3.81. The SMILES string of the molecule is CC(CNS(=O)(=O)c1ccc(C#N)c(Cl)c1)N1CCCC1. The average molecular weight is 328 g/mol. The summed E-state index contributed by atoms with van der Waals surface area (Å²) in [5, 5.41) is 8.95. The zero-order chi connectivity index (χ0) is 15.5. The van der Waals surface area contributed by atoms with Crippen LogP contribution in [-0.2, 0) is 10.0 Å². The highest BCUT2D eigenvalue weighted by atomic mass is 35.5. The predicted molar refractivity (Wildman–Crippen MR) is 81.6 cm³/mol. The van der Waals surface area contributed by atoms with Crippen LogP contribution in [-0.4, -0.2) is 39.0 Å². The number of sulfonamides is 1. The number of likely N-dealkylation sites (tertiary alicyclic amines) is 1.